The average molecular weight is 580 g/mol. The van der Waals surface area contributed by atoms with Gasteiger partial charge < -0.3 is 45.5 Å². The highest BCUT2D eigenvalue weighted by molar-refractivity contribution is 6.31. The molecule has 0 bridgehead atoms. The molecule has 2 aromatic carbocycles. The van der Waals surface area contributed by atoms with Crippen molar-refractivity contribution in [3.8, 4) is 17.2 Å². The molecule has 1 saturated heterocycles. The summed E-state index contributed by atoms with van der Waals surface area (Å²) >= 11 is 0. The maximum absolute atomic E-state index is 13.6. The Balaban J connectivity index is 0.00000370. The number of methoxy groups -OCH3 is 1. The number of benzene rings is 2. The lowest BCUT2D eigenvalue weighted by atomic mass is 9.72. The number of fused-ring (bicyclic) bond motifs is 3. The predicted octanol–water partition coefficient (Wildman–Crippen LogP) is 0.423. The zero-order valence-corrected chi connectivity index (χ0v) is 22.4. The molecule has 0 saturated carbocycles. The molecule has 0 spiro atoms. The molecule has 0 unspecified atom stereocenters. The van der Waals surface area contributed by atoms with Crippen molar-refractivity contribution in [3.05, 3.63) is 51.6 Å². The van der Waals surface area contributed by atoms with Gasteiger partial charge in [-0.15, -0.1) is 12.4 Å². The summed E-state index contributed by atoms with van der Waals surface area (Å²) in [5.74, 6) is -3.77. The standard InChI is InChI=1S/C27H29NO11.ClH/c1-10-22(31)13(28)6-17(38-10)39-15-8-27(36,16(30)9-29)7-12-19(15)26(35)21-20(24(12)33)23(32)11-4-3-5-14(37-2)18(11)25(21)34;/h3-5,10,13,15,17,22,29,31,33,35-36H,6-9,28H2,1-2H3;1H/t10-,13-,15-,17+,22-,27-;/m0./s1. The summed E-state index contributed by atoms with van der Waals surface area (Å²) in [6.45, 7) is 0.560. The van der Waals surface area contributed by atoms with Crippen LogP contribution in [-0.2, 0) is 20.7 Å². The second-order valence-electron chi connectivity index (χ2n) is 10.2. The highest BCUT2D eigenvalue weighted by Crippen LogP contribution is 2.52. The van der Waals surface area contributed by atoms with Gasteiger partial charge in [-0.2, -0.15) is 0 Å². The number of ether oxygens (including phenoxy) is 3. The van der Waals surface area contributed by atoms with E-state index in [-0.39, 0.29) is 46.8 Å². The van der Waals surface area contributed by atoms with E-state index in [1.807, 2.05) is 0 Å². The molecule has 0 aromatic heterocycles. The van der Waals surface area contributed by atoms with Crippen molar-refractivity contribution < 1.29 is 54.1 Å². The second-order valence-corrected chi connectivity index (χ2v) is 10.2. The van der Waals surface area contributed by atoms with E-state index in [0.717, 1.165) is 0 Å². The van der Waals surface area contributed by atoms with E-state index in [2.05, 4.69) is 0 Å². The number of aliphatic hydroxyl groups excluding tert-OH is 2. The van der Waals surface area contributed by atoms with Gasteiger partial charge in [0, 0.05) is 42.0 Å². The number of nitrogens with two attached hydrogens (primary N) is 1. The molecule has 12 nitrogen and oxygen atoms in total. The largest absolute Gasteiger partial charge is 0.507 e. The number of carbonyl (C=O) groups excluding carboxylic acids is 3. The van der Waals surface area contributed by atoms with Crippen LogP contribution >= 0.6 is 12.4 Å². The molecule has 0 radical (unpaired) electrons. The summed E-state index contributed by atoms with van der Waals surface area (Å²) in [5.41, 5.74) is 2.37. The molecule has 5 rings (SSSR count). The third-order valence-corrected chi connectivity index (χ3v) is 7.81. The molecule has 216 valence electrons. The van der Waals surface area contributed by atoms with Crippen LogP contribution in [0.1, 0.15) is 68.8 Å². The van der Waals surface area contributed by atoms with Crippen LogP contribution in [-0.4, -0.2) is 86.7 Å². The smallest absolute Gasteiger partial charge is 0.202 e. The van der Waals surface area contributed by atoms with Crippen LogP contribution < -0.4 is 10.5 Å². The lowest BCUT2D eigenvalue weighted by Crippen LogP contribution is -2.53. The van der Waals surface area contributed by atoms with Crippen LogP contribution in [0.15, 0.2) is 18.2 Å². The molecular formula is C27H30ClNO11. The SMILES string of the molecule is COc1cccc2c1C(=O)c1c(O)c3c(c(O)c1C2=O)C[C@@](O)(C(=O)CO)C[C@@H]3O[C@@H]1C[C@H](N)[C@@H](O)[C@H](C)O1.Cl. The van der Waals surface area contributed by atoms with E-state index in [9.17, 15) is 39.9 Å². The fraction of sp³-hybridized carbons (Fsp3) is 0.444. The van der Waals surface area contributed by atoms with E-state index in [1.165, 1.54) is 25.3 Å². The lowest BCUT2D eigenvalue weighted by molar-refractivity contribution is -0.247. The Morgan fingerprint density at radius 1 is 1.15 bits per heavy atom. The van der Waals surface area contributed by atoms with Gasteiger partial charge in [-0.3, -0.25) is 14.4 Å². The highest BCUT2D eigenvalue weighted by atomic mass is 35.5. The molecule has 1 fully saturated rings. The van der Waals surface area contributed by atoms with Crippen LogP contribution in [0.3, 0.4) is 0 Å². The Labute approximate surface area is 234 Å². The number of hydrogen-bond acceptors (Lipinski definition) is 12. The normalized spacial score (nSPS) is 29.1. The summed E-state index contributed by atoms with van der Waals surface area (Å²) in [5, 5.41) is 53.7. The molecule has 13 heteroatoms. The number of phenolic OH excluding ortho intramolecular Hbond substituents is 2. The first-order valence-corrected chi connectivity index (χ1v) is 12.4. The van der Waals surface area contributed by atoms with Gasteiger partial charge in [0.2, 0.25) is 5.78 Å². The molecule has 0 amide bonds. The van der Waals surface area contributed by atoms with Crippen molar-refractivity contribution in [3.63, 3.8) is 0 Å². The highest BCUT2D eigenvalue weighted by Gasteiger charge is 2.50. The minimum Gasteiger partial charge on any atom is -0.507 e. The van der Waals surface area contributed by atoms with Crippen molar-refractivity contribution in [2.24, 2.45) is 5.73 Å². The van der Waals surface area contributed by atoms with Gasteiger partial charge in [0.05, 0.1) is 42.1 Å². The van der Waals surface area contributed by atoms with E-state index >= 15 is 0 Å². The molecule has 3 aliphatic rings. The summed E-state index contributed by atoms with van der Waals surface area (Å²) in [6.07, 6.45) is -5.12. The summed E-state index contributed by atoms with van der Waals surface area (Å²) in [6, 6.07) is 3.64. The molecule has 2 aromatic rings. The average Bonchev–Trinajstić information content (AvgIpc) is 2.90. The molecule has 2 aliphatic carbocycles. The molecular weight excluding hydrogens is 550 g/mol. The van der Waals surface area contributed by atoms with Crippen LogP contribution in [0.25, 0.3) is 0 Å². The summed E-state index contributed by atoms with van der Waals surface area (Å²) < 4.78 is 17.0. The van der Waals surface area contributed by atoms with Crippen LogP contribution in [0.5, 0.6) is 17.2 Å². The van der Waals surface area contributed by atoms with Gasteiger partial charge in [0.15, 0.2) is 17.9 Å². The molecule has 40 heavy (non-hydrogen) atoms. The number of halogens is 1. The predicted molar refractivity (Wildman–Crippen MR) is 139 cm³/mol. The van der Waals surface area contributed by atoms with Crippen LogP contribution in [0.4, 0.5) is 0 Å². The minimum absolute atomic E-state index is 0. The van der Waals surface area contributed by atoms with Crippen LogP contribution in [0.2, 0.25) is 0 Å². The zero-order chi connectivity index (χ0) is 28.4. The van der Waals surface area contributed by atoms with Gasteiger partial charge in [0.25, 0.3) is 0 Å². The maximum Gasteiger partial charge on any atom is 0.202 e. The third kappa shape index (κ3) is 4.45. The van der Waals surface area contributed by atoms with Gasteiger partial charge in [-0.25, -0.2) is 0 Å². The van der Waals surface area contributed by atoms with Crippen LogP contribution in [0, 0.1) is 0 Å². The first-order valence-electron chi connectivity index (χ1n) is 12.4. The third-order valence-electron chi connectivity index (χ3n) is 7.81. The fourth-order valence-electron chi connectivity index (χ4n) is 5.75. The Kier molecular flexibility index (Phi) is 8.00. The van der Waals surface area contributed by atoms with Gasteiger partial charge in [-0.05, 0) is 13.0 Å². The first-order chi connectivity index (χ1) is 18.4. The Morgan fingerprint density at radius 2 is 1.82 bits per heavy atom. The summed E-state index contributed by atoms with van der Waals surface area (Å²) in [7, 11) is 1.32. The minimum atomic E-state index is -2.24. The van der Waals surface area contributed by atoms with Crippen molar-refractivity contribution in [1.29, 1.82) is 0 Å². The molecule has 1 heterocycles. The lowest BCUT2D eigenvalue weighted by Gasteiger charge is -2.42. The monoisotopic (exact) mass is 579 g/mol. The van der Waals surface area contributed by atoms with Crippen molar-refractivity contribution >= 4 is 29.8 Å². The topological polar surface area (TPSA) is 206 Å². The van der Waals surface area contributed by atoms with Gasteiger partial charge in [0.1, 0.15) is 29.5 Å². The number of hydrogen-bond donors (Lipinski definition) is 6. The molecule has 6 atom stereocenters. The maximum atomic E-state index is 13.6. The second kappa shape index (κ2) is 10.7. The Morgan fingerprint density at radius 3 is 2.45 bits per heavy atom. The van der Waals surface area contributed by atoms with E-state index in [0.29, 0.717) is 0 Å². The number of Topliss-reactive ketones (excluding diaryl/α,β-unsaturated/α-hetero) is 1. The van der Waals surface area contributed by atoms with Crippen molar-refractivity contribution in [2.75, 3.05) is 13.7 Å². The Hall–Kier alpha value is -3.10. The van der Waals surface area contributed by atoms with Gasteiger partial charge >= 0.3 is 0 Å². The van der Waals surface area contributed by atoms with Crippen molar-refractivity contribution in [2.45, 2.75) is 62.4 Å². The number of phenols is 2. The van der Waals surface area contributed by atoms with Crippen molar-refractivity contribution in [1.82, 2.24) is 0 Å². The molecule has 7 N–H and O–H groups in total. The quantitative estimate of drug-likeness (QED) is 0.227. The van der Waals surface area contributed by atoms with E-state index < -0.39 is 95.7 Å². The zero-order valence-electron chi connectivity index (χ0n) is 21.6. The van der Waals surface area contributed by atoms with E-state index in [4.69, 9.17) is 19.9 Å². The summed E-state index contributed by atoms with van der Waals surface area (Å²) in [4.78, 5) is 39.7. The number of aliphatic hydroxyl groups is 3. The van der Waals surface area contributed by atoms with Gasteiger partial charge in [-0.1, -0.05) is 12.1 Å². The number of carbonyl (C=O) groups is 3. The molecule has 1 aliphatic heterocycles. The first kappa shape index (κ1) is 29.9. The fourth-order valence-corrected chi connectivity index (χ4v) is 5.75. The van der Waals surface area contributed by atoms with E-state index in [1.54, 1.807) is 6.92 Å². The number of aromatic hydroxyl groups is 2. The number of ketones is 3. The number of rotatable bonds is 5. The Bertz CT molecular complexity index is 1380.